The van der Waals surface area contributed by atoms with Gasteiger partial charge in [-0.1, -0.05) is 12.1 Å². The molecule has 1 N–H and O–H groups in total. The van der Waals surface area contributed by atoms with E-state index in [1.807, 2.05) is 31.2 Å². The van der Waals surface area contributed by atoms with Crippen LogP contribution in [0, 0.1) is 11.3 Å². The topological polar surface area (TPSA) is 62.1 Å². The number of carbonyl (C=O) groups excluding carboxylic acids is 1. The predicted octanol–water partition coefficient (Wildman–Crippen LogP) is 3.14. The Bertz CT molecular complexity index is 640. The standard InChI is InChI=1S/C17H16N2O2/c1-2-21-16-9-7-15(8-10-16)19-17(20)11-13-3-5-14(12-18)6-4-13/h3-10H,2,11H2,1H3,(H,19,20). The third-order valence-corrected chi connectivity index (χ3v) is 2.90. The Kier molecular flexibility index (Phi) is 4.94. The van der Waals surface area contributed by atoms with Gasteiger partial charge in [-0.2, -0.15) is 5.26 Å². The highest BCUT2D eigenvalue weighted by Crippen LogP contribution is 2.16. The predicted molar refractivity (Wildman–Crippen MR) is 81.1 cm³/mol. The molecule has 0 aliphatic rings. The van der Waals surface area contributed by atoms with Gasteiger partial charge in [0.2, 0.25) is 5.91 Å². The van der Waals surface area contributed by atoms with Crippen LogP contribution in [0.15, 0.2) is 48.5 Å². The second-order valence-electron chi connectivity index (χ2n) is 4.49. The van der Waals surface area contributed by atoms with Crippen LogP contribution in [-0.4, -0.2) is 12.5 Å². The van der Waals surface area contributed by atoms with E-state index in [1.54, 1.807) is 24.3 Å². The van der Waals surface area contributed by atoms with Crippen molar-refractivity contribution in [1.82, 2.24) is 0 Å². The van der Waals surface area contributed by atoms with E-state index in [2.05, 4.69) is 11.4 Å². The van der Waals surface area contributed by atoms with Gasteiger partial charge in [0.15, 0.2) is 0 Å². The van der Waals surface area contributed by atoms with Crippen molar-refractivity contribution in [3.8, 4) is 11.8 Å². The highest BCUT2D eigenvalue weighted by Gasteiger charge is 2.04. The summed E-state index contributed by atoms with van der Waals surface area (Å²) in [6.07, 6.45) is 0.277. The maximum atomic E-state index is 11.9. The smallest absolute Gasteiger partial charge is 0.228 e. The van der Waals surface area contributed by atoms with Crippen LogP contribution in [0.1, 0.15) is 18.1 Å². The molecule has 0 aliphatic heterocycles. The summed E-state index contributed by atoms with van der Waals surface area (Å²) in [7, 11) is 0. The quantitative estimate of drug-likeness (QED) is 0.915. The minimum atomic E-state index is -0.0936. The molecule has 2 aromatic rings. The fourth-order valence-electron chi connectivity index (χ4n) is 1.89. The van der Waals surface area contributed by atoms with Gasteiger partial charge in [0.1, 0.15) is 5.75 Å². The van der Waals surface area contributed by atoms with Crippen LogP contribution in [0.5, 0.6) is 5.75 Å². The minimum Gasteiger partial charge on any atom is -0.494 e. The number of hydrogen-bond donors (Lipinski definition) is 1. The molecule has 2 rings (SSSR count). The van der Waals surface area contributed by atoms with E-state index in [1.165, 1.54) is 0 Å². The molecule has 4 heteroatoms. The molecular weight excluding hydrogens is 264 g/mol. The molecule has 0 radical (unpaired) electrons. The second kappa shape index (κ2) is 7.11. The normalized spacial score (nSPS) is 9.71. The number of anilines is 1. The van der Waals surface area contributed by atoms with Gasteiger partial charge in [-0.15, -0.1) is 0 Å². The molecule has 21 heavy (non-hydrogen) atoms. The van der Waals surface area contributed by atoms with Crippen LogP contribution < -0.4 is 10.1 Å². The lowest BCUT2D eigenvalue weighted by molar-refractivity contribution is -0.115. The van der Waals surface area contributed by atoms with E-state index < -0.39 is 0 Å². The zero-order valence-corrected chi connectivity index (χ0v) is 11.8. The van der Waals surface area contributed by atoms with E-state index >= 15 is 0 Å². The number of ether oxygens (including phenoxy) is 1. The molecule has 0 aromatic heterocycles. The number of amides is 1. The monoisotopic (exact) mass is 280 g/mol. The fraction of sp³-hybridized carbons (Fsp3) is 0.176. The van der Waals surface area contributed by atoms with Gasteiger partial charge in [-0.05, 0) is 48.9 Å². The molecule has 2 aromatic carbocycles. The van der Waals surface area contributed by atoms with Gasteiger partial charge in [0.05, 0.1) is 24.7 Å². The second-order valence-corrected chi connectivity index (χ2v) is 4.49. The van der Waals surface area contributed by atoms with Crippen molar-refractivity contribution < 1.29 is 9.53 Å². The van der Waals surface area contributed by atoms with Crippen LogP contribution in [0.25, 0.3) is 0 Å². The summed E-state index contributed by atoms with van der Waals surface area (Å²) in [5.74, 6) is 0.687. The molecule has 0 spiro atoms. The molecule has 0 atom stereocenters. The number of nitrogens with one attached hydrogen (secondary N) is 1. The van der Waals surface area contributed by atoms with Gasteiger partial charge in [-0.25, -0.2) is 0 Å². The van der Waals surface area contributed by atoms with E-state index in [0.29, 0.717) is 12.2 Å². The van der Waals surface area contributed by atoms with Gasteiger partial charge < -0.3 is 10.1 Å². The summed E-state index contributed by atoms with van der Waals surface area (Å²) in [5.41, 5.74) is 2.19. The van der Waals surface area contributed by atoms with Gasteiger partial charge in [-0.3, -0.25) is 4.79 Å². The van der Waals surface area contributed by atoms with E-state index in [9.17, 15) is 4.79 Å². The first kappa shape index (κ1) is 14.6. The van der Waals surface area contributed by atoms with Gasteiger partial charge >= 0.3 is 0 Å². The molecule has 0 bridgehead atoms. The number of rotatable bonds is 5. The number of hydrogen-bond acceptors (Lipinski definition) is 3. The summed E-state index contributed by atoms with van der Waals surface area (Å²) in [5, 5.41) is 11.6. The first-order valence-corrected chi connectivity index (χ1v) is 6.73. The van der Waals surface area contributed by atoms with E-state index in [-0.39, 0.29) is 12.3 Å². The molecule has 4 nitrogen and oxygen atoms in total. The molecule has 106 valence electrons. The number of nitrogens with zero attached hydrogens (tertiary/aromatic N) is 1. The summed E-state index contributed by atoms with van der Waals surface area (Å²) in [6, 6.07) is 16.3. The molecule has 0 saturated carbocycles. The average molecular weight is 280 g/mol. The highest BCUT2D eigenvalue weighted by atomic mass is 16.5. The zero-order chi connectivity index (χ0) is 15.1. The van der Waals surface area contributed by atoms with Gasteiger partial charge in [0.25, 0.3) is 0 Å². The lowest BCUT2D eigenvalue weighted by Crippen LogP contribution is -2.14. The largest absolute Gasteiger partial charge is 0.494 e. The van der Waals surface area contributed by atoms with Crippen molar-refractivity contribution in [1.29, 1.82) is 5.26 Å². The molecule has 0 saturated heterocycles. The summed E-state index contributed by atoms with van der Waals surface area (Å²) >= 11 is 0. The number of benzene rings is 2. The Labute approximate surface area is 124 Å². The van der Waals surface area contributed by atoms with Crippen LogP contribution in [0.2, 0.25) is 0 Å². The molecule has 0 fully saturated rings. The Morgan fingerprint density at radius 1 is 1.14 bits per heavy atom. The molecule has 0 aliphatic carbocycles. The molecule has 0 heterocycles. The summed E-state index contributed by atoms with van der Waals surface area (Å²) < 4.78 is 5.34. The maximum absolute atomic E-state index is 11.9. The average Bonchev–Trinajstić information content (AvgIpc) is 2.50. The number of carbonyl (C=O) groups is 1. The first-order chi connectivity index (χ1) is 10.2. The summed E-state index contributed by atoms with van der Waals surface area (Å²) in [6.45, 7) is 2.54. The minimum absolute atomic E-state index is 0.0936. The van der Waals surface area contributed by atoms with Crippen molar-refractivity contribution in [3.05, 3.63) is 59.7 Å². The van der Waals surface area contributed by atoms with E-state index in [0.717, 1.165) is 17.0 Å². The Balaban J connectivity index is 1.93. The van der Waals surface area contributed by atoms with Crippen molar-refractivity contribution in [3.63, 3.8) is 0 Å². The SMILES string of the molecule is CCOc1ccc(NC(=O)Cc2ccc(C#N)cc2)cc1. The maximum Gasteiger partial charge on any atom is 0.228 e. The van der Waals surface area contributed by atoms with Crippen LogP contribution in [0.3, 0.4) is 0 Å². The Morgan fingerprint density at radius 3 is 2.38 bits per heavy atom. The third kappa shape index (κ3) is 4.36. The third-order valence-electron chi connectivity index (χ3n) is 2.90. The lowest BCUT2D eigenvalue weighted by atomic mass is 10.1. The van der Waals surface area contributed by atoms with Crippen LogP contribution in [-0.2, 0) is 11.2 Å². The van der Waals surface area contributed by atoms with Crippen molar-refractivity contribution >= 4 is 11.6 Å². The van der Waals surface area contributed by atoms with Gasteiger partial charge in [0, 0.05) is 5.69 Å². The zero-order valence-electron chi connectivity index (χ0n) is 11.8. The number of nitriles is 1. The van der Waals surface area contributed by atoms with Crippen LogP contribution in [0.4, 0.5) is 5.69 Å². The Hall–Kier alpha value is -2.80. The van der Waals surface area contributed by atoms with Crippen molar-refractivity contribution in [2.24, 2.45) is 0 Å². The molecule has 0 unspecified atom stereocenters. The fourth-order valence-corrected chi connectivity index (χ4v) is 1.89. The Morgan fingerprint density at radius 2 is 1.81 bits per heavy atom. The first-order valence-electron chi connectivity index (χ1n) is 6.73. The molecular formula is C17H16N2O2. The van der Waals surface area contributed by atoms with Crippen molar-refractivity contribution in [2.75, 3.05) is 11.9 Å². The summed E-state index contributed by atoms with van der Waals surface area (Å²) in [4.78, 5) is 11.9. The van der Waals surface area contributed by atoms with Crippen LogP contribution >= 0.6 is 0 Å². The lowest BCUT2D eigenvalue weighted by Gasteiger charge is -2.07. The highest BCUT2D eigenvalue weighted by molar-refractivity contribution is 5.92. The van der Waals surface area contributed by atoms with E-state index in [4.69, 9.17) is 10.00 Å². The molecule has 1 amide bonds. The van der Waals surface area contributed by atoms with Crippen molar-refractivity contribution in [2.45, 2.75) is 13.3 Å².